The van der Waals surface area contributed by atoms with Gasteiger partial charge in [-0.2, -0.15) is 0 Å². The van der Waals surface area contributed by atoms with E-state index in [0.29, 0.717) is 0 Å². The van der Waals surface area contributed by atoms with E-state index in [4.69, 9.17) is 0 Å². The van der Waals surface area contributed by atoms with Gasteiger partial charge in [-0.25, -0.2) is 0 Å². The van der Waals surface area contributed by atoms with Crippen LogP contribution in [0.15, 0.2) is 50.6 Å². The molecule has 0 heterocycles. The largest absolute Gasteiger partial charge is 4.00 e. The van der Waals surface area contributed by atoms with Crippen LogP contribution in [0.25, 0.3) is 0 Å². The Kier molecular flexibility index (Phi) is 203. The van der Waals surface area contributed by atoms with Crippen LogP contribution in [-0.2, 0) is 42.1 Å². The summed E-state index contributed by atoms with van der Waals surface area (Å²) in [6.07, 6.45) is 13.3. The van der Waals surface area contributed by atoms with E-state index in [1.807, 2.05) is 24.3 Å². The molecule has 192 valence electrons. The molecule has 0 amide bonds. The third kappa shape index (κ3) is 140. The van der Waals surface area contributed by atoms with E-state index >= 15 is 0 Å². The standard InChI is InChI=1S/C7H15N.C6H13N.C6H10.7CH3.2Pt/c1-4-5-6-7-8(2)3;1-4-5-6-7(2)3;1-3-5-6-4-2;;;;;;;;;/h4H,1,5-7H2,2-3H3;4H,1,5-6H2,2-3H3;3-4H,1-2,5-6H2;7*1H3;;/q;;;7*-1;2*+4. The third-order valence-corrected chi connectivity index (χ3v) is 2.37. The molecule has 0 N–H and O–H groups in total. The van der Waals surface area contributed by atoms with E-state index in [9.17, 15) is 0 Å². The first-order valence-electron chi connectivity index (χ1n) is 7.69. The number of hydrogen-bond acceptors (Lipinski definition) is 2. The average Bonchev–Trinajstić information content (AvgIpc) is 2.44. The Morgan fingerprint density at radius 3 is 0.900 bits per heavy atom. The molecule has 0 radical (unpaired) electrons. The molecule has 4 heteroatoms. The molecule has 30 heavy (non-hydrogen) atoms. The van der Waals surface area contributed by atoms with Gasteiger partial charge in [0.05, 0.1) is 0 Å². The van der Waals surface area contributed by atoms with Crippen molar-refractivity contribution in [3.8, 4) is 0 Å². The number of unbranched alkanes of at least 4 members (excludes halogenated alkanes) is 2. The van der Waals surface area contributed by atoms with Gasteiger partial charge in [0.1, 0.15) is 0 Å². The topological polar surface area (TPSA) is 6.48 Å². The van der Waals surface area contributed by atoms with Crippen LogP contribution in [-0.4, -0.2) is 51.1 Å². The molecule has 0 unspecified atom stereocenters. The van der Waals surface area contributed by atoms with Crippen molar-refractivity contribution in [2.75, 3.05) is 41.3 Å². The van der Waals surface area contributed by atoms with Crippen LogP contribution in [0.5, 0.6) is 0 Å². The normalized spacial score (nSPS) is 6.33. The molecule has 0 aliphatic heterocycles. The second-order valence-corrected chi connectivity index (χ2v) is 5.27. The van der Waals surface area contributed by atoms with Crippen molar-refractivity contribution in [2.45, 2.75) is 32.1 Å². The first-order valence-corrected chi connectivity index (χ1v) is 7.69. The Morgan fingerprint density at radius 1 is 0.467 bits per heavy atom. The molecule has 0 aromatic rings. The van der Waals surface area contributed by atoms with Gasteiger partial charge >= 0.3 is 42.1 Å². The van der Waals surface area contributed by atoms with E-state index in [2.05, 4.69) is 64.3 Å². The maximum absolute atomic E-state index is 3.64. The summed E-state index contributed by atoms with van der Waals surface area (Å²) in [4.78, 5) is 4.32. The van der Waals surface area contributed by atoms with E-state index < -0.39 is 0 Å². The third-order valence-electron chi connectivity index (χ3n) is 2.37. The number of nitrogens with zero attached hydrogens (tertiary/aromatic N) is 2. The van der Waals surface area contributed by atoms with Crippen LogP contribution in [0.2, 0.25) is 0 Å². The molecule has 0 saturated heterocycles. The minimum Gasteiger partial charge on any atom is -0.358 e. The van der Waals surface area contributed by atoms with Crippen molar-refractivity contribution in [1.29, 1.82) is 0 Å². The van der Waals surface area contributed by atoms with Gasteiger partial charge in [0, 0.05) is 6.54 Å². The van der Waals surface area contributed by atoms with Gasteiger partial charge in [-0.1, -0.05) is 24.3 Å². The van der Waals surface area contributed by atoms with Gasteiger partial charge in [-0.15, -0.1) is 26.3 Å². The molecule has 0 aliphatic carbocycles. The molecule has 0 spiro atoms. The van der Waals surface area contributed by atoms with E-state index in [0.717, 1.165) is 32.2 Å². The van der Waals surface area contributed by atoms with E-state index in [1.165, 1.54) is 13.0 Å². The summed E-state index contributed by atoms with van der Waals surface area (Å²) in [6.45, 7) is 16.6. The first kappa shape index (κ1) is 77.7. The van der Waals surface area contributed by atoms with Crippen LogP contribution in [0.4, 0.5) is 0 Å². The number of rotatable bonds is 10. The summed E-state index contributed by atoms with van der Waals surface area (Å²) in [5.41, 5.74) is 0. The van der Waals surface area contributed by atoms with Gasteiger partial charge < -0.3 is 61.8 Å². The maximum Gasteiger partial charge on any atom is 4.00 e. The van der Waals surface area contributed by atoms with E-state index in [1.54, 1.807) is 0 Å². The molecule has 0 fully saturated rings. The van der Waals surface area contributed by atoms with Gasteiger partial charge in [0.25, 0.3) is 0 Å². The predicted molar refractivity (Wildman–Crippen MR) is 146 cm³/mol. The molecular formula is C26H59N2Pt2+. The zero-order valence-electron chi connectivity index (χ0n) is 22.6. The van der Waals surface area contributed by atoms with Crippen LogP contribution < -0.4 is 0 Å². The zero-order valence-corrected chi connectivity index (χ0v) is 27.2. The summed E-state index contributed by atoms with van der Waals surface area (Å²) in [5, 5.41) is 0. The molecule has 0 aliphatic rings. The van der Waals surface area contributed by atoms with E-state index in [-0.39, 0.29) is 94.1 Å². The Morgan fingerprint density at radius 2 is 0.733 bits per heavy atom. The quantitative estimate of drug-likeness (QED) is 0.126. The van der Waals surface area contributed by atoms with Crippen molar-refractivity contribution in [2.24, 2.45) is 0 Å². The summed E-state index contributed by atoms with van der Waals surface area (Å²) in [5.74, 6) is 0. The summed E-state index contributed by atoms with van der Waals surface area (Å²) in [6, 6.07) is 0. The van der Waals surface area contributed by atoms with Gasteiger partial charge in [0.2, 0.25) is 0 Å². The minimum atomic E-state index is 0. The Hall–Kier alpha value is 0.257. The van der Waals surface area contributed by atoms with Gasteiger partial charge in [0.15, 0.2) is 0 Å². The second kappa shape index (κ2) is 78.4. The van der Waals surface area contributed by atoms with Crippen molar-refractivity contribution in [1.82, 2.24) is 9.80 Å². The first-order chi connectivity index (χ1) is 9.95. The Balaban J connectivity index is -0.0000000142. The molecule has 0 aromatic heterocycles. The second-order valence-electron chi connectivity index (χ2n) is 5.27. The number of allylic oxidation sites excluding steroid dienone is 3. The zero-order chi connectivity index (χ0) is 16.9. The SMILES string of the molecule is C=CCCC=C.C=CCCCN(C)C.C=CCCN(C)C.[CH3-].[CH3-].[CH3-].[CH3-].[CH3-].[CH3-].[CH3-].[Pt+4].[Pt+4]. The molecular weight excluding hydrogens is 730 g/mol. The summed E-state index contributed by atoms with van der Waals surface area (Å²) < 4.78 is 0. The number of hydrogen-bond donors (Lipinski definition) is 0. The Bertz CT molecular complexity index is 233. The molecule has 0 bridgehead atoms. The molecule has 0 atom stereocenters. The van der Waals surface area contributed by atoms with Crippen LogP contribution in [0.3, 0.4) is 0 Å². The van der Waals surface area contributed by atoms with Crippen molar-refractivity contribution < 1.29 is 42.1 Å². The monoisotopic (exact) mass is 789 g/mol. The molecule has 0 rings (SSSR count). The fourth-order valence-corrected chi connectivity index (χ4v) is 1.14. The van der Waals surface area contributed by atoms with Gasteiger partial charge in [-0.3, -0.25) is 0 Å². The molecule has 2 nitrogen and oxygen atoms in total. The van der Waals surface area contributed by atoms with Crippen molar-refractivity contribution in [3.05, 3.63) is 103 Å². The minimum absolute atomic E-state index is 0. The molecule has 0 saturated carbocycles. The fraction of sp³-hybridized carbons (Fsp3) is 0.423. The maximum atomic E-state index is 3.64. The Labute approximate surface area is 226 Å². The van der Waals surface area contributed by atoms with Gasteiger partial charge in [-0.05, 0) is 66.8 Å². The van der Waals surface area contributed by atoms with Crippen LogP contribution in [0.1, 0.15) is 32.1 Å². The van der Waals surface area contributed by atoms with Crippen molar-refractivity contribution >= 4 is 0 Å². The van der Waals surface area contributed by atoms with Crippen LogP contribution >= 0.6 is 0 Å². The predicted octanol–water partition coefficient (Wildman–Crippen LogP) is 7.92. The summed E-state index contributed by atoms with van der Waals surface area (Å²) >= 11 is 0. The van der Waals surface area contributed by atoms with Crippen molar-refractivity contribution in [3.63, 3.8) is 0 Å². The smallest absolute Gasteiger partial charge is 0.358 e. The average molecular weight is 790 g/mol. The fourth-order valence-electron chi connectivity index (χ4n) is 1.14. The summed E-state index contributed by atoms with van der Waals surface area (Å²) in [7, 11) is 8.29. The molecule has 0 aromatic carbocycles. The van der Waals surface area contributed by atoms with Crippen LogP contribution in [0, 0.1) is 52.0 Å².